The Hall–Kier alpha value is -1.12. The van der Waals surface area contributed by atoms with Crippen molar-refractivity contribution >= 4 is 5.57 Å². The van der Waals surface area contributed by atoms with Crippen molar-refractivity contribution in [2.45, 2.75) is 25.0 Å². The standard InChI is InChI=1S/C13H15NO/c15-10-7-12-11-4-2-1-3-9(11)5-6-13(12)14-8-10/h1-4,7,10,13-15H,5-6,8H2. The molecule has 0 radical (unpaired) electrons. The van der Waals surface area contributed by atoms with Crippen molar-refractivity contribution in [3.8, 4) is 0 Å². The molecule has 1 aliphatic heterocycles. The van der Waals surface area contributed by atoms with Crippen LogP contribution in [0.4, 0.5) is 0 Å². The van der Waals surface area contributed by atoms with Gasteiger partial charge in [0.15, 0.2) is 0 Å². The SMILES string of the molecule is OC1C=C2c3ccccc3CCC2NC1. The number of aliphatic hydroxyl groups is 1. The van der Waals surface area contributed by atoms with E-state index in [1.54, 1.807) is 0 Å². The molecule has 1 aromatic rings. The molecule has 0 bridgehead atoms. The van der Waals surface area contributed by atoms with Gasteiger partial charge in [0.05, 0.1) is 6.10 Å². The predicted octanol–water partition coefficient (Wildman–Crippen LogP) is 1.35. The minimum absolute atomic E-state index is 0.331. The summed E-state index contributed by atoms with van der Waals surface area (Å²) in [6.45, 7) is 0.691. The van der Waals surface area contributed by atoms with Gasteiger partial charge >= 0.3 is 0 Å². The Morgan fingerprint density at radius 2 is 2.13 bits per heavy atom. The Bertz CT molecular complexity index is 411. The zero-order valence-electron chi connectivity index (χ0n) is 8.61. The predicted molar refractivity (Wildman–Crippen MR) is 60.5 cm³/mol. The number of hydrogen-bond donors (Lipinski definition) is 2. The molecule has 0 fully saturated rings. The van der Waals surface area contributed by atoms with Gasteiger partial charge in [-0.05, 0) is 35.6 Å². The molecular weight excluding hydrogens is 186 g/mol. The first-order valence-electron chi connectivity index (χ1n) is 5.56. The fraction of sp³-hybridized carbons (Fsp3) is 0.385. The van der Waals surface area contributed by atoms with Crippen LogP contribution in [-0.4, -0.2) is 23.8 Å². The van der Waals surface area contributed by atoms with Gasteiger partial charge in [0.25, 0.3) is 0 Å². The third-order valence-electron chi connectivity index (χ3n) is 3.35. The quantitative estimate of drug-likeness (QED) is 0.664. The van der Waals surface area contributed by atoms with E-state index >= 15 is 0 Å². The van der Waals surface area contributed by atoms with Gasteiger partial charge in [-0.25, -0.2) is 0 Å². The molecule has 2 aliphatic rings. The van der Waals surface area contributed by atoms with Crippen molar-refractivity contribution < 1.29 is 5.11 Å². The third kappa shape index (κ3) is 1.50. The molecule has 2 atom stereocenters. The molecule has 0 saturated heterocycles. The Morgan fingerprint density at radius 3 is 3.07 bits per heavy atom. The summed E-state index contributed by atoms with van der Waals surface area (Å²) >= 11 is 0. The van der Waals surface area contributed by atoms with E-state index in [0.717, 1.165) is 12.8 Å². The lowest BCUT2D eigenvalue weighted by molar-refractivity contribution is 0.208. The first kappa shape index (κ1) is 9.13. The van der Waals surface area contributed by atoms with E-state index in [4.69, 9.17) is 0 Å². The molecule has 2 N–H and O–H groups in total. The summed E-state index contributed by atoms with van der Waals surface area (Å²) in [6.07, 6.45) is 3.97. The van der Waals surface area contributed by atoms with Gasteiger partial charge in [-0.3, -0.25) is 0 Å². The molecule has 2 heteroatoms. The molecule has 0 spiro atoms. The van der Waals surface area contributed by atoms with Crippen LogP contribution in [0.25, 0.3) is 5.57 Å². The zero-order valence-corrected chi connectivity index (χ0v) is 8.61. The lowest BCUT2D eigenvalue weighted by atomic mass is 9.81. The molecule has 2 nitrogen and oxygen atoms in total. The smallest absolute Gasteiger partial charge is 0.0851 e. The molecule has 1 aromatic carbocycles. The van der Waals surface area contributed by atoms with Crippen molar-refractivity contribution in [1.82, 2.24) is 5.32 Å². The van der Waals surface area contributed by atoms with Crippen LogP contribution in [0.5, 0.6) is 0 Å². The van der Waals surface area contributed by atoms with E-state index in [1.165, 1.54) is 16.7 Å². The maximum atomic E-state index is 9.63. The zero-order chi connectivity index (χ0) is 10.3. The molecule has 0 saturated carbocycles. The van der Waals surface area contributed by atoms with E-state index in [-0.39, 0.29) is 6.10 Å². The number of rotatable bonds is 0. The van der Waals surface area contributed by atoms with E-state index in [0.29, 0.717) is 12.6 Å². The Kier molecular flexibility index (Phi) is 2.11. The van der Waals surface area contributed by atoms with Gasteiger partial charge in [0.2, 0.25) is 0 Å². The van der Waals surface area contributed by atoms with Crippen LogP contribution in [0.3, 0.4) is 0 Å². The average molecular weight is 201 g/mol. The average Bonchev–Trinajstić information content (AvgIpc) is 2.29. The number of hydrogen-bond acceptors (Lipinski definition) is 2. The van der Waals surface area contributed by atoms with Gasteiger partial charge in [0, 0.05) is 12.6 Å². The van der Waals surface area contributed by atoms with Gasteiger partial charge in [-0.2, -0.15) is 0 Å². The highest BCUT2D eigenvalue weighted by Crippen LogP contribution is 2.32. The van der Waals surface area contributed by atoms with Crippen molar-refractivity contribution in [2.75, 3.05) is 6.54 Å². The summed E-state index contributed by atoms with van der Waals surface area (Å²) in [5.41, 5.74) is 4.02. The molecule has 3 rings (SSSR count). The van der Waals surface area contributed by atoms with E-state index in [9.17, 15) is 5.11 Å². The molecule has 1 heterocycles. The molecule has 78 valence electrons. The van der Waals surface area contributed by atoms with E-state index in [1.807, 2.05) is 6.08 Å². The minimum Gasteiger partial charge on any atom is -0.388 e. The van der Waals surface area contributed by atoms with E-state index in [2.05, 4.69) is 29.6 Å². The van der Waals surface area contributed by atoms with E-state index < -0.39 is 0 Å². The largest absolute Gasteiger partial charge is 0.388 e. The monoisotopic (exact) mass is 201 g/mol. The molecule has 1 aliphatic carbocycles. The van der Waals surface area contributed by atoms with Gasteiger partial charge in [-0.1, -0.05) is 24.3 Å². The van der Waals surface area contributed by atoms with Gasteiger partial charge in [0.1, 0.15) is 0 Å². The van der Waals surface area contributed by atoms with Crippen molar-refractivity contribution in [1.29, 1.82) is 0 Å². The van der Waals surface area contributed by atoms with Crippen LogP contribution < -0.4 is 5.32 Å². The van der Waals surface area contributed by atoms with Crippen molar-refractivity contribution in [3.63, 3.8) is 0 Å². The first-order valence-corrected chi connectivity index (χ1v) is 5.56. The summed E-state index contributed by atoms with van der Waals surface area (Å²) < 4.78 is 0. The molecule has 15 heavy (non-hydrogen) atoms. The second-order valence-electron chi connectivity index (χ2n) is 4.35. The Morgan fingerprint density at radius 1 is 1.27 bits per heavy atom. The number of aliphatic hydroxyl groups excluding tert-OH is 1. The second kappa shape index (κ2) is 3.47. The highest BCUT2D eigenvalue weighted by molar-refractivity contribution is 5.74. The number of nitrogens with one attached hydrogen (secondary N) is 1. The van der Waals surface area contributed by atoms with Gasteiger partial charge < -0.3 is 10.4 Å². The summed E-state index contributed by atoms with van der Waals surface area (Å²) in [4.78, 5) is 0. The van der Waals surface area contributed by atoms with Crippen LogP contribution in [-0.2, 0) is 6.42 Å². The second-order valence-corrected chi connectivity index (χ2v) is 4.35. The summed E-state index contributed by atoms with van der Waals surface area (Å²) in [5.74, 6) is 0. The Labute approximate surface area is 89.6 Å². The molecule has 0 amide bonds. The fourth-order valence-corrected chi connectivity index (χ4v) is 2.61. The first-order chi connectivity index (χ1) is 7.34. The lowest BCUT2D eigenvalue weighted by Crippen LogP contribution is -2.42. The molecular formula is C13H15NO. The lowest BCUT2D eigenvalue weighted by Gasteiger charge is -2.33. The molecule has 2 unspecified atom stereocenters. The van der Waals surface area contributed by atoms with Crippen molar-refractivity contribution in [2.24, 2.45) is 0 Å². The maximum absolute atomic E-state index is 9.63. The van der Waals surface area contributed by atoms with Crippen molar-refractivity contribution in [3.05, 3.63) is 41.5 Å². The fourth-order valence-electron chi connectivity index (χ4n) is 2.61. The number of fused-ring (bicyclic) bond motifs is 3. The highest BCUT2D eigenvalue weighted by Gasteiger charge is 2.27. The topological polar surface area (TPSA) is 32.3 Å². The Balaban J connectivity index is 2.10. The van der Waals surface area contributed by atoms with Crippen LogP contribution in [0, 0.1) is 0 Å². The van der Waals surface area contributed by atoms with Crippen LogP contribution in [0.1, 0.15) is 17.5 Å². The number of benzene rings is 1. The minimum atomic E-state index is -0.331. The summed E-state index contributed by atoms with van der Waals surface area (Å²) in [7, 11) is 0. The normalized spacial score (nSPS) is 29.0. The van der Waals surface area contributed by atoms with Crippen LogP contribution in [0.15, 0.2) is 30.3 Å². The number of β-amino-alcohol motifs (C(OH)–C–C–N with tert-alkyl or cyclic N) is 1. The number of aryl methyl sites for hydroxylation is 1. The van der Waals surface area contributed by atoms with Crippen LogP contribution >= 0.6 is 0 Å². The van der Waals surface area contributed by atoms with Gasteiger partial charge in [-0.15, -0.1) is 0 Å². The molecule has 0 aromatic heterocycles. The highest BCUT2D eigenvalue weighted by atomic mass is 16.3. The third-order valence-corrected chi connectivity index (χ3v) is 3.35. The van der Waals surface area contributed by atoms with Crippen LogP contribution in [0.2, 0.25) is 0 Å². The summed E-state index contributed by atoms with van der Waals surface area (Å²) in [6, 6.07) is 8.96. The summed E-state index contributed by atoms with van der Waals surface area (Å²) in [5, 5.41) is 13.0. The maximum Gasteiger partial charge on any atom is 0.0851 e.